The van der Waals surface area contributed by atoms with E-state index in [2.05, 4.69) is 24.1 Å². The Bertz CT molecular complexity index is 570. The van der Waals surface area contributed by atoms with Crippen LogP contribution in [0.3, 0.4) is 0 Å². The molecule has 1 aliphatic rings. The summed E-state index contributed by atoms with van der Waals surface area (Å²) in [5.41, 5.74) is -1.24. The Morgan fingerprint density at radius 3 is 2.48 bits per heavy atom. The van der Waals surface area contributed by atoms with Crippen molar-refractivity contribution >= 4 is 5.91 Å². The quantitative estimate of drug-likeness (QED) is 0.849. The van der Waals surface area contributed by atoms with Crippen LogP contribution in [-0.4, -0.2) is 49.7 Å². The standard InChI is InChI=1S/C18H25F3N2O2/c1-13(2)11-14(23-7-9-25-10-8-23)12-22-17(24)15-5-3-4-6-16(15)18(19,20)21/h3-6,13-14H,7-12H2,1-2H3,(H,22,24). The Morgan fingerprint density at radius 1 is 1.24 bits per heavy atom. The van der Waals surface area contributed by atoms with E-state index in [1.165, 1.54) is 18.2 Å². The zero-order chi connectivity index (χ0) is 18.4. The molecule has 1 aromatic rings. The van der Waals surface area contributed by atoms with Crippen molar-refractivity contribution in [2.45, 2.75) is 32.5 Å². The summed E-state index contributed by atoms with van der Waals surface area (Å²) in [5.74, 6) is -0.262. The summed E-state index contributed by atoms with van der Waals surface area (Å²) in [6, 6.07) is 4.96. The Labute approximate surface area is 146 Å². The summed E-state index contributed by atoms with van der Waals surface area (Å²) in [6.45, 7) is 7.32. The molecule has 1 atom stereocenters. The van der Waals surface area contributed by atoms with E-state index >= 15 is 0 Å². The van der Waals surface area contributed by atoms with E-state index < -0.39 is 17.6 Å². The SMILES string of the molecule is CC(C)CC(CNC(=O)c1ccccc1C(F)(F)F)N1CCOCC1. The van der Waals surface area contributed by atoms with E-state index in [-0.39, 0.29) is 11.6 Å². The molecule has 1 unspecified atom stereocenters. The van der Waals surface area contributed by atoms with Crippen LogP contribution in [-0.2, 0) is 10.9 Å². The summed E-state index contributed by atoms with van der Waals surface area (Å²) in [6.07, 6.45) is -3.68. The van der Waals surface area contributed by atoms with Crippen LogP contribution in [0.5, 0.6) is 0 Å². The number of halogens is 3. The third-order valence-corrected chi connectivity index (χ3v) is 4.28. The zero-order valence-corrected chi connectivity index (χ0v) is 14.6. The molecule has 1 N–H and O–H groups in total. The lowest BCUT2D eigenvalue weighted by Gasteiger charge is -2.35. The van der Waals surface area contributed by atoms with Gasteiger partial charge in [0.15, 0.2) is 0 Å². The largest absolute Gasteiger partial charge is 0.417 e. The molecule has 0 aromatic heterocycles. The van der Waals surface area contributed by atoms with Gasteiger partial charge in [0.25, 0.3) is 5.91 Å². The molecule has 0 radical (unpaired) electrons. The van der Waals surface area contributed by atoms with Gasteiger partial charge in [-0.05, 0) is 24.5 Å². The highest BCUT2D eigenvalue weighted by molar-refractivity contribution is 5.95. The Hall–Kier alpha value is -1.60. The maximum absolute atomic E-state index is 13.1. The number of alkyl halides is 3. The number of carbonyl (C=O) groups is 1. The molecule has 0 spiro atoms. The van der Waals surface area contributed by atoms with Crippen LogP contribution < -0.4 is 5.32 Å². The third kappa shape index (κ3) is 5.71. The Morgan fingerprint density at radius 2 is 1.88 bits per heavy atom. The molecule has 140 valence electrons. The van der Waals surface area contributed by atoms with Crippen LogP contribution in [0.4, 0.5) is 13.2 Å². The molecule has 0 saturated carbocycles. The molecular weight excluding hydrogens is 333 g/mol. The maximum atomic E-state index is 13.1. The van der Waals surface area contributed by atoms with Crippen molar-refractivity contribution in [3.05, 3.63) is 35.4 Å². The molecule has 1 heterocycles. The van der Waals surface area contributed by atoms with Crippen molar-refractivity contribution in [1.82, 2.24) is 10.2 Å². The number of morpholine rings is 1. The van der Waals surface area contributed by atoms with Crippen molar-refractivity contribution in [2.75, 3.05) is 32.8 Å². The van der Waals surface area contributed by atoms with Crippen LogP contribution in [0.2, 0.25) is 0 Å². The second-order valence-electron chi connectivity index (χ2n) is 6.69. The van der Waals surface area contributed by atoms with Gasteiger partial charge in [0.1, 0.15) is 0 Å². The molecule has 4 nitrogen and oxygen atoms in total. The van der Waals surface area contributed by atoms with Crippen LogP contribution in [0.1, 0.15) is 36.2 Å². The molecule has 1 fully saturated rings. The van der Waals surface area contributed by atoms with Gasteiger partial charge in [-0.2, -0.15) is 13.2 Å². The normalized spacial score (nSPS) is 17.5. The second-order valence-corrected chi connectivity index (χ2v) is 6.69. The lowest BCUT2D eigenvalue weighted by Crippen LogP contribution is -2.49. The first-order valence-electron chi connectivity index (χ1n) is 8.55. The van der Waals surface area contributed by atoms with Crippen LogP contribution in [0.15, 0.2) is 24.3 Å². The zero-order valence-electron chi connectivity index (χ0n) is 14.6. The average Bonchev–Trinajstić information content (AvgIpc) is 2.58. The van der Waals surface area contributed by atoms with Gasteiger partial charge in [-0.15, -0.1) is 0 Å². The maximum Gasteiger partial charge on any atom is 0.417 e. The van der Waals surface area contributed by atoms with Crippen molar-refractivity contribution in [2.24, 2.45) is 5.92 Å². The van der Waals surface area contributed by atoms with E-state index in [4.69, 9.17) is 4.74 Å². The molecule has 1 saturated heterocycles. The van der Waals surface area contributed by atoms with Gasteiger partial charge in [-0.25, -0.2) is 0 Å². The smallest absolute Gasteiger partial charge is 0.379 e. The molecular formula is C18H25F3N2O2. The van der Waals surface area contributed by atoms with Crippen molar-refractivity contribution < 1.29 is 22.7 Å². The number of hydrogen-bond donors (Lipinski definition) is 1. The lowest BCUT2D eigenvalue weighted by atomic mass is 10.0. The fourth-order valence-electron chi connectivity index (χ4n) is 3.08. The summed E-state index contributed by atoms with van der Waals surface area (Å²) >= 11 is 0. The highest BCUT2D eigenvalue weighted by Crippen LogP contribution is 2.31. The van der Waals surface area contributed by atoms with Crippen molar-refractivity contribution in [3.63, 3.8) is 0 Å². The minimum Gasteiger partial charge on any atom is -0.379 e. The van der Waals surface area contributed by atoms with E-state index in [1.54, 1.807) is 0 Å². The van der Waals surface area contributed by atoms with E-state index in [0.29, 0.717) is 25.7 Å². The Balaban J connectivity index is 2.06. The summed E-state index contributed by atoms with van der Waals surface area (Å²) in [7, 11) is 0. The van der Waals surface area contributed by atoms with Gasteiger partial charge >= 0.3 is 6.18 Å². The molecule has 25 heavy (non-hydrogen) atoms. The minimum absolute atomic E-state index is 0.0888. The molecule has 1 amide bonds. The molecule has 0 aliphatic carbocycles. The number of benzene rings is 1. The van der Waals surface area contributed by atoms with Crippen molar-refractivity contribution in [3.8, 4) is 0 Å². The topological polar surface area (TPSA) is 41.6 Å². The third-order valence-electron chi connectivity index (χ3n) is 4.28. The Kier molecular flexibility index (Phi) is 6.84. The van der Waals surface area contributed by atoms with Gasteiger partial charge in [0.05, 0.1) is 24.3 Å². The number of hydrogen-bond acceptors (Lipinski definition) is 3. The average molecular weight is 358 g/mol. The molecule has 1 aliphatic heterocycles. The van der Waals surface area contributed by atoms with Gasteiger partial charge in [0.2, 0.25) is 0 Å². The lowest BCUT2D eigenvalue weighted by molar-refractivity contribution is -0.137. The van der Waals surface area contributed by atoms with E-state index in [9.17, 15) is 18.0 Å². The number of amides is 1. The summed E-state index contributed by atoms with van der Waals surface area (Å²) in [5, 5.41) is 2.69. The number of carbonyl (C=O) groups excluding carboxylic acids is 1. The van der Waals surface area contributed by atoms with E-state index in [0.717, 1.165) is 25.6 Å². The van der Waals surface area contributed by atoms with Gasteiger partial charge < -0.3 is 10.1 Å². The summed E-state index contributed by atoms with van der Waals surface area (Å²) in [4.78, 5) is 14.6. The predicted molar refractivity (Wildman–Crippen MR) is 89.4 cm³/mol. The van der Waals surface area contributed by atoms with E-state index in [1.807, 2.05) is 0 Å². The number of nitrogens with zero attached hydrogens (tertiary/aromatic N) is 1. The highest BCUT2D eigenvalue weighted by atomic mass is 19.4. The monoisotopic (exact) mass is 358 g/mol. The highest BCUT2D eigenvalue weighted by Gasteiger charge is 2.35. The van der Waals surface area contributed by atoms with Crippen molar-refractivity contribution in [1.29, 1.82) is 0 Å². The molecule has 1 aromatic carbocycles. The van der Waals surface area contributed by atoms with Crippen LogP contribution in [0.25, 0.3) is 0 Å². The predicted octanol–water partition coefficient (Wildman–Crippen LogP) is 3.18. The molecule has 0 bridgehead atoms. The number of ether oxygens (including phenoxy) is 1. The number of nitrogens with one attached hydrogen (secondary N) is 1. The molecule has 2 rings (SSSR count). The van der Waals surface area contributed by atoms with Gasteiger partial charge in [0, 0.05) is 25.7 Å². The van der Waals surface area contributed by atoms with Gasteiger partial charge in [-0.1, -0.05) is 26.0 Å². The first kappa shape index (κ1) is 19.7. The fraction of sp³-hybridized carbons (Fsp3) is 0.611. The van der Waals surface area contributed by atoms with Gasteiger partial charge in [-0.3, -0.25) is 9.69 Å². The minimum atomic E-state index is -4.55. The van der Waals surface area contributed by atoms with Crippen LogP contribution in [0, 0.1) is 5.92 Å². The summed E-state index contributed by atoms with van der Waals surface area (Å²) < 4.78 is 44.6. The first-order chi connectivity index (χ1) is 11.8. The molecule has 7 heteroatoms. The number of rotatable bonds is 6. The first-order valence-corrected chi connectivity index (χ1v) is 8.55. The van der Waals surface area contributed by atoms with Crippen LogP contribution >= 0.6 is 0 Å². The second kappa shape index (κ2) is 8.67. The fourth-order valence-corrected chi connectivity index (χ4v) is 3.08.